The number of nitro benzene ring substituents is 1. The zero-order chi connectivity index (χ0) is 16.1. The van der Waals surface area contributed by atoms with Crippen molar-refractivity contribution >= 4 is 28.9 Å². The molecule has 1 aromatic carbocycles. The minimum Gasteiger partial charge on any atom is -0.481 e. The first-order valence-corrected chi connectivity index (χ1v) is 6.67. The summed E-state index contributed by atoms with van der Waals surface area (Å²) >= 11 is 5.85. The average Bonchev–Trinajstić information content (AvgIpc) is 2.49. The molecule has 1 aromatic heterocycles. The fourth-order valence-corrected chi connectivity index (χ4v) is 1.81. The summed E-state index contributed by atoms with van der Waals surface area (Å²) in [6.45, 7) is 1.53. The van der Waals surface area contributed by atoms with Crippen LogP contribution in [0.3, 0.4) is 0 Å². The van der Waals surface area contributed by atoms with Crippen molar-refractivity contribution in [3.05, 3.63) is 57.9 Å². The number of ether oxygens (including phenoxy) is 1. The molecule has 0 saturated heterocycles. The van der Waals surface area contributed by atoms with Gasteiger partial charge in [0.25, 0.3) is 11.6 Å². The predicted molar refractivity (Wildman–Crippen MR) is 81.1 cm³/mol. The number of hydrogen-bond donors (Lipinski definition) is 1. The second-order valence-corrected chi connectivity index (χ2v) is 4.70. The number of anilines is 1. The van der Waals surface area contributed by atoms with Crippen LogP contribution in [-0.4, -0.2) is 21.9 Å². The molecule has 0 aliphatic heterocycles. The van der Waals surface area contributed by atoms with E-state index in [1.54, 1.807) is 12.1 Å². The van der Waals surface area contributed by atoms with E-state index in [0.717, 1.165) is 0 Å². The fraction of sp³-hybridized carbons (Fsp3) is 0.143. The first kappa shape index (κ1) is 15.7. The van der Waals surface area contributed by atoms with Crippen molar-refractivity contribution in [1.82, 2.24) is 4.98 Å². The van der Waals surface area contributed by atoms with Gasteiger partial charge < -0.3 is 10.1 Å². The number of nitro groups is 1. The second-order valence-electron chi connectivity index (χ2n) is 4.35. The van der Waals surface area contributed by atoms with Gasteiger partial charge in [0.05, 0.1) is 16.7 Å². The molecule has 0 aliphatic carbocycles. The Kier molecular flexibility index (Phi) is 4.90. The fourth-order valence-electron chi connectivity index (χ4n) is 1.64. The van der Waals surface area contributed by atoms with Gasteiger partial charge in [-0.3, -0.25) is 14.9 Å². The smallest absolute Gasteiger partial charge is 0.273 e. The van der Waals surface area contributed by atoms with E-state index in [2.05, 4.69) is 10.3 Å². The Morgan fingerprint density at radius 1 is 1.41 bits per heavy atom. The molecule has 1 heterocycles. The molecule has 1 N–H and O–H groups in total. The Morgan fingerprint density at radius 2 is 2.18 bits per heavy atom. The van der Waals surface area contributed by atoms with Crippen LogP contribution in [0, 0.1) is 10.1 Å². The van der Waals surface area contributed by atoms with Gasteiger partial charge in [-0.2, -0.15) is 0 Å². The Hall–Kier alpha value is -2.67. The molecule has 0 radical (unpaired) electrons. The van der Waals surface area contributed by atoms with Crippen LogP contribution in [0.25, 0.3) is 0 Å². The maximum absolute atomic E-state index is 12.0. The van der Waals surface area contributed by atoms with Crippen molar-refractivity contribution in [2.75, 3.05) is 5.32 Å². The number of nitrogens with zero attached hydrogens (tertiary/aromatic N) is 2. The molecule has 0 fully saturated rings. The number of carbonyl (C=O) groups is 1. The van der Waals surface area contributed by atoms with Crippen molar-refractivity contribution in [2.24, 2.45) is 0 Å². The molecular formula is C14H12ClN3O4. The van der Waals surface area contributed by atoms with Gasteiger partial charge in [-0.25, -0.2) is 4.98 Å². The lowest BCUT2D eigenvalue weighted by Crippen LogP contribution is -2.30. The van der Waals surface area contributed by atoms with E-state index in [0.29, 0.717) is 5.69 Å². The molecule has 1 atom stereocenters. The summed E-state index contributed by atoms with van der Waals surface area (Å²) in [4.78, 5) is 26.0. The molecule has 0 saturated carbocycles. The summed E-state index contributed by atoms with van der Waals surface area (Å²) in [6.07, 6.45) is 0.638. The molecule has 0 spiro atoms. The first-order valence-electron chi connectivity index (χ1n) is 6.30. The van der Waals surface area contributed by atoms with Crippen LogP contribution in [-0.2, 0) is 4.79 Å². The minimum atomic E-state index is -0.863. The van der Waals surface area contributed by atoms with Gasteiger partial charge in [-0.15, -0.1) is 0 Å². The average molecular weight is 322 g/mol. The van der Waals surface area contributed by atoms with Crippen LogP contribution in [0.4, 0.5) is 11.4 Å². The van der Waals surface area contributed by atoms with Gasteiger partial charge in [-0.05, 0) is 25.1 Å². The summed E-state index contributed by atoms with van der Waals surface area (Å²) in [7, 11) is 0. The first-order chi connectivity index (χ1) is 10.5. The van der Waals surface area contributed by atoms with Gasteiger partial charge in [0.2, 0.25) is 0 Å². The lowest BCUT2D eigenvalue weighted by molar-refractivity contribution is -0.384. The summed E-state index contributed by atoms with van der Waals surface area (Å²) in [5.41, 5.74) is 0.254. The van der Waals surface area contributed by atoms with E-state index in [1.165, 1.54) is 37.4 Å². The van der Waals surface area contributed by atoms with Crippen LogP contribution in [0.1, 0.15) is 6.92 Å². The molecule has 2 aromatic rings. The van der Waals surface area contributed by atoms with Crippen molar-refractivity contribution in [2.45, 2.75) is 13.0 Å². The number of amides is 1. The molecule has 0 aliphatic rings. The number of hydrogen-bond acceptors (Lipinski definition) is 5. The molecular weight excluding hydrogens is 310 g/mol. The number of aromatic nitrogens is 1. The normalized spacial score (nSPS) is 11.5. The van der Waals surface area contributed by atoms with Crippen molar-refractivity contribution in [1.29, 1.82) is 0 Å². The number of carbonyl (C=O) groups excluding carboxylic acids is 1. The predicted octanol–water partition coefficient (Wildman–Crippen LogP) is 3.05. The van der Waals surface area contributed by atoms with Crippen LogP contribution < -0.4 is 10.1 Å². The van der Waals surface area contributed by atoms with Gasteiger partial charge in [-0.1, -0.05) is 17.7 Å². The molecule has 0 unspecified atom stereocenters. The molecule has 2 rings (SSSR count). The summed E-state index contributed by atoms with van der Waals surface area (Å²) in [6, 6.07) is 8.85. The molecule has 114 valence electrons. The van der Waals surface area contributed by atoms with Crippen molar-refractivity contribution in [3.63, 3.8) is 0 Å². The van der Waals surface area contributed by atoms with Crippen LogP contribution in [0.15, 0.2) is 42.6 Å². The Balaban J connectivity index is 2.04. The molecule has 1 amide bonds. The van der Waals surface area contributed by atoms with Crippen LogP contribution in [0.5, 0.6) is 5.75 Å². The van der Waals surface area contributed by atoms with E-state index >= 15 is 0 Å². The largest absolute Gasteiger partial charge is 0.481 e. The third kappa shape index (κ3) is 3.92. The molecule has 0 bridgehead atoms. The number of benzene rings is 1. The van der Waals surface area contributed by atoms with Crippen molar-refractivity contribution < 1.29 is 14.5 Å². The van der Waals surface area contributed by atoms with E-state index in [4.69, 9.17) is 16.3 Å². The molecule has 7 nitrogen and oxygen atoms in total. The minimum absolute atomic E-state index is 0.111. The SMILES string of the molecule is C[C@H](Oc1cccc([N+](=O)[O-])c1)C(=O)Nc1cccnc1Cl. The maximum atomic E-state index is 12.0. The number of non-ortho nitro benzene ring substituents is 1. The highest BCUT2D eigenvalue weighted by Crippen LogP contribution is 2.21. The lowest BCUT2D eigenvalue weighted by Gasteiger charge is -2.14. The highest BCUT2D eigenvalue weighted by atomic mass is 35.5. The topological polar surface area (TPSA) is 94.4 Å². The highest BCUT2D eigenvalue weighted by Gasteiger charge is 2.17. The van der Waals surface area contributed by atoms with Crippen LogP contribution in [0.2, 0.25) is 5.15 Å². The third-order valence-corrected chi connectivity index (χ3v) is 3.03. The molecule has 22 heavy (non-hydrogen) atoms. The van der Waals surface area contributed by atoms with E-state index in [9.17, 15) is 14.9 Å². The third-order valence-electron chi connectivity index (χ3n) is 2.73. The summed E-state index contributed by atoms with van der Waals surface area (Å²) in [5.74, 6) is -0.212. The van der Waals surface area contributed by atoms with Gasteiger partial charge in [0, 0.05) is 12.3 Å². The van der Waals surface area contributed by atoms with E-state index in [-0.39, 0.29) is 16.6 Å². The summed E-state index contributed by atoms with van der Waals surface area (Å²) < 4.78 is 5.40. The Labute approximate surface area is 131 Å². The van der Waals surface area contributed by atoms with Gasteiger partial charge in [0.15, 0.2) is 11.3 Å². The monoisotopic (exact) mass is 321 g/mol. The number of halogens is 1. The van der Waals surface area contributed by atoms with Crippen LogP contribution >= 0.6 is 11.6 Å². The zero-order valence-electron chi connectivity index (χ0n) is 11.5. The number of pyridine rings is 1. The Bertz CT molecular complexity index is 708. The number of nitrogens with one attached hydrogen (secondary N) is 1. The standard InChI is InChI=1S/C14H12ClN3O4/c1-9(14(19)17-12-6-3-7-16-13(12)15)22-11-5-2-4-10(8-11)18(20)21/h2-9H,1H3,(H,17,19)/t9-/m0/s1. The van der Waals surface area contributed by atoms with Crippen molar-refractivity contribution in [3.8, 4) is 5.75 Å². The lowest BCUT2D eigenvalue weighted by atomic mass is 10.3. The maximum Gasteiger partial charge on any atom is 0.273 e. The zero-order valence-corrected chi connectivity index (χ0v) is 12.3. The quantitative estimate of drug-likeness (QED) is 0.519. The number of rotatable bonds is 5. The Morgan fingerprint density at radius 3 is 2.86 bits per heavy atom. The van der Waals surface area contributed by atoms with E-state index < -0.39 is 16.9 Å². The van der Waals surface area contributed by atoms with Gasteiger partial charge in [0.1, 0.15) is 5.75 Å². The second kappa shape index (κ2) is 6.86. The summed E-state index contributed by atoms with van der Waals surface area (Å²) in [5, 5.41) is 13.4. The van der Waals surface area contributed by atoms with E-state index in [1.807, 2.05) is 0 Å². The van der Waals surface area contributed by atoms with Gasteiger partial charge >= 0.3 is 0 Å². The highest BCUT2D eigenvalue weighted by molar-refractivity contribution is 6.32. The molecule has 8 heteroatoms.